The zero-order chi connectivity index (χ0) is 75.6. The molecule has 0 saturated heterocycles. The molecule has 0 unspecified atom stereocenters. The van der Waals surface area contributed by atoms with E-state index in [9.17, 15) is 9.59 Å². The van der Waals surface area contributed by atoms with E-state index < -0.39 is 0 Å². The average Bonchev–Trinajstić information content (AvgIpc) is 0.789. The Kier molecular flexibility index (Phi) is 22.4. The zero-order valence-electron chi connectivity index (χ0n) is 64.3. The molecule has 0 atom stereocenters. The van der Waals surface area contributed by atoms with Gasteiger partial charge in [0, 0.05) is 41.8 Å². The van der Waals surface area contributed by atoms with Gasteiger partial charge >= 0.3 is 5.97 Å². The number of amides is 1. The lowest BCUT2D eigenvalue weighted by molar-refractivity contribution is -0.903. The maximum Gasteiger partial charge on any atom is 0.338 e. The summed E-state index contributed by atoms with van der Waals surface area (Å²) in [6.07, 6.45) is 0.939. The van der Waals surface area contributed by atoms with Gasteiger partial charge in [-0.05, 0) is 182 Å². The van der Waals surface area contributed by atoms with E-state index in [2.05, 4.69) is 319 Å². The van der Waals surface area contributed by atoms with E-state index in [4.69, 9.17) is 9.47 Å². The van der Waals surface area contributed by atoms with Crippen LogP contribution in [-0.4, -0.2) is 107 Å². The third-order valence-corrected chi connectivity index (χ3v) is 20.4. The summed E-state index contributed by atoms with van der Waals surface area (Å²) < 4.78 is 15.1. The summed E-state index contributed by atoms with van der Waals surface area (Å²) in [7, 11) is 23.9. The molecule has 1 N–H and O–H groups in total. The molecule has 16 aromatic rings. The zero-order valence-corrected chi connectivity index (χ0v) is 64.3. The summed E-state index contributed by atoms with van der Waals surface area (Å²) in [5.41, 5.74) is 11.3. The van der Waals surface area contributed by atoms with E-state index in [0.717, 1.165) is 98.6 Å². The Hall–Kier alpha value is -11.8. The fourth-order valence-electron chi connectivity index (χ4n) is 14.6. The molecule has 9 nitrogen and oxygen atoms in total. The van der Waals surface area contributed by atoms with Crippen molar-refractivity contribution < 1.29 is 23.5 Å². The van der Waals surface area contributed by atoms with Gasteiger partial charge in [-0.3, -0.25) is 18.2 Å². The molecule has 0 aromatic heterocycles. The van der Waals surface area contributed by atoms with Crippen LogP contribution in [-0.2, 0) is 24.5 Å². The minimum atomic E-state index is -0.301. The molecule has 0 radical (unpaired) electrons. The topological polar surface area (TPSA) is 64.6 Å². The molecule has 108 heavy (non-hydrogen) atoms. The standard InChI is InChI=1S/C27H28N2O.C25H24NO2.C24H24NO.C23H22N/c1-29(2,20-21-11-4-3-5-12-21)18-10-17-28-27(30)26-24-15-8-6-13-22(24)19-23-14-7-9-16-25(23)26;1-26(2,3)21-14-12-18(13-15-21)25(27)28-17-24-22-10-6-4-8-19(22)16-20-9-5-7-11-23(20)24;1-25(2,3)20-12-14-21(15-13-20)26-17-24-22-10-6-4-8-18(22)16-19-9-5-7-11-23(19)24;1-24(2,3)20-14-12-17(13-15-20)23-21-10-6-4-8-18(21)16-19-9-5-7-11-22(19)23/h3-9,11-16,19H,10,17-18,20H2,1-2H3;4-16H,17H2,1-3H3;4-16H,17H2,1-3H3;4-16H,1-3H3/q;3*+1/p+1. The first kappa shape index (κ1) is 74.5. The summed E-state index contributed by atoms with van der Waals surface area (Å²) in [5, 5.41) is 22.2. The second-order valence-corrected chi connectivity index (χ2v) is 31.4. The van der Waals surface area contributed by atoms with Crippen LogP contribution in [0.4, 0.5) is 17.1 Å². The first-order valence-electron chi connectivity index (χ1n) is 37.3. The van der Waals surface area contributed by atoms with E-state index in [-0.39, 0.29) is 18.5 Å². The Bertz CT molecular complexity index is 5640. The van der Waals surface area contributed by atoms with Crippen molar-refractivity contribution in [2.24, 2.45) is 0 Å². The third kappa shape index (κ3) is 17.7. The Morgan fingerprint density at radius 2 is 0.657 bits per heavy atom. The van der Waals surface area contributed by atoms with E-state index in [1.807, 2.05) is 84.9 Å². The maximum absolute atomic E-state index is 13.2. The number of hydrogen-bond donors (Lipinski definition) is 1. The van der Waals surface area contributed by atoms with Gasteiger partial charge in [0.15, 0.2) is 0 Å². The lowest BCUT2D eigenvalue weighted by Crippen LogP contribution is -2.41. The molecule has 0 fully saturated rings. The van der Waals surface area contributed by atoms with E-state index in [1.54, 1.807) is 0 Å². The Morgan fingerprint density at radius 3 is 1.06 bits per heavy atom. The number of carbonyl (C=O) groups excluding carboxylic acids is 2. The van der Waals surface area contributed by atoms with Crippen LogP contribution in [0.15, 0.2) is 322 Å². The molecule has 0 saturated carbocycles. The molecule has 0 heterocycles. The number of esters is 1. The van der Waals surface area contributed by atoms with Crippen LogP contribution in [0.2, 0.25) is 0 Å². The summed E-state index contributed by atoms with van der Waals surface area (Å²) in [5.74, 6) is 0.612. The van der Waals surface area contributed by atoms with Crippen LogP contribution in [0, 0.1) is 0 Å². The Labute approximate surface area is 636 Å². The first-order valence-corrected chi connectivity index (χ1v) is 37.3. The van der Waals surface area contributed by atoms with Gasteiger partial charge in [-0.2, -0.15) is 0 Å². The lowest BCUT2D eigenvalue weighted by Gasteiger charge is -2.30. The van der Waals surface area contributed by atoms with Crippen LogP contribution >= 0.6 is 0 Å². The number of hydrogen-bond acceptors (Lipinski definition) is 4. The summed E-state index contributed by atoms with van der Waals surface area (Å²) in [4.78, 5) is 25.8. The molecular formula is C99H99N5O4+4. The second kappa shape index (κ2) is 32.5. The monoisotopic (exact) mass is 1420 g/mol. The van der Waals surface area contributed by atoms with Crippen LogP contribution < -0.4 is 23.5 Å². The predicted molar refractivity (Wildman–Crippen MR) is 460 cm³/mol. The fraction of sp³-hybridized carbons (Fsp3) is 0.172. The highest BCUT2D eigenvalue weighted by Gasteiger charge is 2.21. The van der Waals surface area contributed by atoms with Crippen molar-refractivity contribution in [3.63, 3.8) is 0 Å². The van der Waals surface area contributed by atoms with Gasteiger partial charge in [-0.25, -0.2) is 4.79 Å². The van der Waals surface area contributed by atoms with Crippen LogP contribution in [0.1, 0.15) is 43.8 Å². The number of carbonyl (C=O) groups is 2. The van der Waals surface area contributed by atoms with Crippen molar-refractivity contribution in [1.82, 2.24) is 18.8 Å². The van der Waals surface area contributed by atoms with Crippen molar-refractivity contribution in [2.45, 2.75) is 26.2 Å². The first-order chi connectivity index (χ1) is 52.0. The van der Waals surface area contributed by atoms with Crippen molar-refractivity contribution in [2.75, 3.05) is 90.6 Å². The second-order valence-electron chi connectivity index (χ2n) is 31.4. The molecule has 0 spiro atoms. The van der Waals surface area contributed by atoms with Crippen molar-refractivity contribution in [3.05, 3.63) is 349 Å². The number of nitrogens with zero attached hydrogens (tertiary/aromatic N) is 4. The molecule has 16 aromatic carbocycles. The molecular weight excluding hydrogens is 1320 g/mol. The molecule has 540 valence electrons. The van der Waals surface area contributed by atoms with E-state index >= 15 is 0 Å². The van der Waals surface area contributed by atoms with Gasteiger partial charge < -0.3 is 19.3 Å². The third-order valence-electron chi connectivity index (χ3n) is 20.4. The van der Waals surface area contributed by atoms with Crippen LogP contribution in [0.25, 0.3) is 97.3 Å². The number of rotatable bonds is 17. The van der Waals surface area contributed by atoms with Crippen LogP contribution in [0.3, 0.4) is 0 Å². The largest absolute Gasteiger partial charge is 0.489 e. The fourth-order valence-corrected chi connectivity index (χ4v) is 14.6. The SMILES string of the molecule is C[N+](C)(C)c1ccc(-c2c3ccccc3cc3ccccc23)cc1.C[N+](C)(C)c1ccc(C(=O)OCc2c3ccccc3cc3ccccc23)cc1.C[N+](C)(C)c1ccc(OCc2c3ccccc3cc3ccccc23)cc1.C[N+](C)(CCCNC(=O)c1c2ccccc2cc2ccccc12)Cc1ccccc1. The van der Waals surface area contributed by atoms with Crippen LogP contribution in [0.5, 0.6) is 5.75 Å². The Balaban J connectivity index is 0.000000127. The van der Waals surface area contributed by atoms with E-state index in [1.165, 1.54) is 76.7 Å². The van der Waals surface area contributed by atoms with Gasteiger partial charge in [0.1, 0.15) is 42.6 Å². The van der Waals surface area contributed by atoms with Gasteiger partial charge in [-0.15, -0.1) is 0 Å². The maximum atomic E-state index is 13.2. The molecule has 0 aliphatic rings. The number of nitrogens with one attached hydrogen (secondary N) is 1. The van der Waals surface area contributed by atoms with Crippen molar-refractivity contribution >= 4 is 115 Å². The van der Waals surface area contributed by atoms with Crippen molar-refractivity contribution in [3.8, 4) is 16.9 Å². The minimum absolute atomic E-state index is 0.0105. The van der Waals surface area contributed by atoms with Gasteiger partial charge in [-0.1, -0.05) is 224 Å². The number of quaternary nitrogens is 4. The van der Waals surface area contributed by atoms with Gasteiger partial charge in [0.2, 0.25) is 0 Å². The summed E-state index contributed by atoms with van der Waals surface area (Å²) >= 11 is 0. The summed E-state index contributed by atoms with van der Waals surface area (Å²) in [6.45, 7) is 3.48. The summed E-state index contributed by atoms with van der Waals surface area (Å²) in [6, 6.07) is 112. The molecule has 0 aliphatic carbocycles. The van der Waals surface area contributed by atoms with Crippen molar-refractivity contribution in [1.29, 1.82) is 0 Å². The number of ether oxygens (including phenoxy) is 2. The van der Waals surface area contributed by atoms with Gasteiger partial charge in [0.25, 0.3) is 5.91 Å². The minimum Gasteiger partial charge on any atom is -0.489 e. The number of benzene rings is 16. The lowest BCUT2D eigenvalue weighted by atomic mass is 9.92. The average molecular weight is 1420 g/mol. The molecule has 0 bridgehead atoms. The Morgan fingerprint density at radius 1 is 0.333 bits per heavy atom. The highest BCUT2D eigenvalue weighted by Crippen LogP contribution is 2.39. The normalized spacial score (nSPS) is 11.8. The highest BCUT2D eigenvalue weighted by molar-refractivity contribution is 6.18. The molecule has 9 heteroatoms. The van der Waals surface area contributed by atoms with Gasteiger partial charge in [0.05, 0.1) is 95.2 Å². The number of fused-ring (bicyclic) bond motifs is 8. The quantitative estimate of drug-likeness (QED) is 0.0427. The smallest absolute Gasteiger partial charge is 0.338 e. The molecule has 16 rings (SSSR count). The van der Waals surface area contributed by atoms with E-state index in [0.29, 0.717) is 23.2 Å². The molecule has 1 amide bonds. The molecule has 0 aliphatic heterocycles. The predicted octanol–water partition coefficient (Wildman–Crippen LogP) is 22.6. The highest BCUT2D eigenvalue weighted by atomic mass is 16.5.